The van der Waals surface area contributed by atoms with Gasteiger partial charge in [0.25, 0.3) is 5.91 Å². The number of amides is 1. The van der Waals surface area contributed by atoms with Gasteiger partial charge in [0.15, 0.2) is 0 Å². The topological polar surface area (TPSA) is 70.0 Å². The maximum Gasteiger partial charge on any atom is 0.345 e. The van der Waals surface area contributed by atoms with Gasteiger partial charge >= 0.3 is 10.2 Å². The van der Waals surface area contributed by atoms with Crippen LogP contribution in [0.4, 0.5) is 0 Å². The van der Waals surface area contributed by atoms with Crippen molar-refractivity contribution in [1.29, 1.82) is 0 Å². The van der Waals surface area contributed by atoms with Gasteiger partial charge in [0.05, 0.1) is 5.71 Å². The van der Waals surface area contributed by atoms with Gasteiger partial charge in [-0.15, -0.1) is 4.40 Å². The summed E-state index contributed by atoms with van der Waals surface area (Å²) in [6, 6.07) is 7.63. The maximum absolute atomic E-state index is 13.5. The molecule has 0 spiro atoms. The third-order valence-corrected chi connectivity index (χ3v) is 7.73. The van der Waals surface area contributed by atoms with Crippen molar-refractivity contribution in [2.24, 2.45) is 15.2 Å². The maximum atomic E-state index is 13.5. The van der Waals surface area contributed by atoms with Crippen LogP contribution in [0.3, 0.4) is 0 Å². The molecule has 7 heteroatoms. The number of hydrogen-bond acceptors (Lipinski definition) is 3. The third-order valence-electron chi connectivity index (χ3n) is 6.41. The van der Waals surface area contributed by atoms with E-state index < -0.39 is 10.2 Å². The number of likely N-dealkylation sites (tertiary alicyclic amines) is 1. The Morgan fingerprint density at radius 3 is 2.45 bits per heavy atom. The first-order chi connectivity index (χ1) is 13.4. The van der Waals surface area contributed by atoms with Gasteiger partial charge in [-0.3, -0.25) is 4.79 Å². The third kappa shape index (κ3) is 3.61. The summed E-state index contributed by atoms with van der Waals surface area (Å²) in [7, 11) is -2.54. The summed E-state index contributed by atoms with van der Waals surface area (Å²) in [4.78, 5) is 15.4. The molecular weight excluding hydrogens is 386 g/mol. The molecular formula is C22H29N3O3S. The Morgan fingerprint density at radius 2 is 1.79 bits per heavy atom. The second kappa shape index (κ2) is 6.42. The second-order valence-corrected chi connectivity index (χ2v) is 11.6. The molecule has 156 valence electrons. The number of carbonyl (C=O) groups excluding carboxylic acids is 1. The molecule has 2 bridgehead atoms. The Kier molecular flexibility index (Phi) is 4.46. The Labute approximate surface area is 173 Å². The Balaban J connectivity index is 1.70. The monoisotopic (exact) mass is 415 g/mol. The molecule has 0 aromatic heterocycles. The van der Waals surface area contributed by atoms with Crippen LogP contribution in [0.2, 0.25) is 0 Å². The molecule has 2 aliphatic heterocycles. The van der Waals surface area contributed by atoms with Crippen LogP contribution < -0.4 is 0 Å². The van der Waals surface area contributed by atoms with Gasteiger partial charge in [-0.25, -0.2) is 4.31 Å². The number of fused-ring (bicyclic) bond motifs is 2. The molecule has 1 aromatic carbocycles. The van der Waals surface area contributed by atoms with Crippen molar-refractivity contribution in [2.45, 2.75) is 53.0 Å². The second-order valence-electron chi connectivity index (χ2n) is 9.96. The lowest BCUT2D eigenvalue weighted by molar-refractivity contribution is -0.129. The summed E-state index contributed by atoms with van der Waals surface area (Å²) in [5, 5.41) is 0. The SMILES string of the molecule is Cc1ccc(C2=NS(=O)(=O)N(C)C(C(=O)N3C[C@@]4(C)C[C@@H]3CC(C)(C)C4)=C2)cc1. The van der Waals surface area contributed by atoms with E-state index in [0.717, 1.165) is 29.1 Å². The van der Waals surface area contributed by atoms with E-state index >= 15 is 0 Å². The van der Waals surface area contributed by atoms with Gasteiger partial charge in [0, 0.05) is 25.2 Å². The van der Waals surface area contributed by atoms with E-state index in [1.165, 1.54) is 7.05 Å². The molecule has 1 saturated carbocycles. The Bertz CT molecular complexity index is 1020. The molecule has 2 atom stereocenters. The van der Waals surface area contributed by atoms with E-state index in [1.807, 2.05) is 36.1 Å². The lowest BCUT2D eigenvalue weighted by Gasteiger charge is -2.39. The fraction of sp³-hybridized carbons (Fsp3) is 0.545. The van der Waals surface area contributed by atoms with E-state index in [0.29, 0.717) is 17.8 Å². The fourth-order valence-electron chi connectivity index (χ4n) is 5.46. The van der Waals surface area contributed by atoms with Crippen molar-refractivity contribution < 1.29 is 13.2 Å². The summed E-state index contributed by atoms with van der Waals surface area (Å²) in [5.74, 6) is -0.220. The van der Waals surface area contributed by atoms with Crippen molar-refractivity contribution >= 4 is 21.8 Å². The van der Waals surface area contributed by atoms with E-state index in [4.69, 9.17) is 0 Å². The van der Waals surface area contributed by atoms with Crippen molar-refractivity contribution in [3.05, 3.63) is 47.2 Å². The Hall–Kier alpha value is -2.15. The van der Waals surface area contributed by atoms with Gasteiger partial charge in [-0.05, 0) is 43.1 Å². The predicted molar refractivity (Wildman–Crippen MR) is 114 cm³/mol. The molecule has 4 rings (SSSR count). The number of benzene rings is 1. The molecule has 2 heterocycles. The average molecular weight is 416 g/mol. The van der Waals surface area contributed by atoms with Crippen LogP contribution in [0.25, 0.3) is 0 Å². The van der Waals surface area contributed by atoms with Crippen LogP contribution in [-0.4, -0.2) is 48.9 Å². The lowest BCUT2D eigenvalue weighted by Crippen LogP contribution is -2.43. The van der Waals surface area contributed by atoms with Crippen LogP contribution in [0, 0.1) is 17.8 Å². The van der Waals surface area contributed by atoms with Gasteiger partial charge in [0.1, 0.15) is 5.70 Å². The first-order valence-corrected chi connectivity index (χ1v) is 11.5. The van der Waals surface area contributed by atoms with Gasteiger partial charge in [-0.1, -0.05) is 50.6 Å². The van der Waals surface area contributed by atoms with E-state index in [1.54, 1.807) is 6.08 Å². The van der Waals surface area contributed by atoms with Crippen LogP contribution in [0.15, 0.2) is 40.4 Å². The molecule has 29 heavy (non-hydrogen) atoms. The smallest absolute Gasteiger partial charge is 0.334 e. The molecule has 0 N–H and O–H groups in total. The first kappa shape index (κ1) is 20.1. The molecule has 1 aliphatic carbocycles. The average Bonchev–Trinajstić information content (AvgIpc) is 2.86. The highest BCUT2D eigenvalue weighted by molar-refractivity contribution is 7.88. The highest BCUT2D eigenvalue weighted by atomic mass is 32.2. The zero-order valence-electron chi connectivity index (χ0n) is 17.8. The van der Waals surface area contributed by atoms with Crippen LogP contribution in [0.5, 0.6) is 0 Å². The largest absolute Gasteiger partial charge is 0.345 e. The minimum Gasteiger partial charge on any atom is -0.334 e. The number of aryl methyl sites for hydroxylation is 1. The number of carbonyl (C=O) groups is 1. The molecule has 6 nitrogen and oxygen atoms in total. The first-order valence-electron chi connectivity index (χ1n) is 10.1. The van der Waals surface area contributed by atoms with Crippen LogP contribution in [0.1, 0.15) is 51.2 Å². The molecule has 2 fully saturated rings. The molecule has 1 saturated heterocycles. The zero-order chi connectivity index (χ0) is 21.2. The highest BCUT2D eigenvalue weighted by Crippen LogP contribution is 2.52. The van der Waals surface area contributed by atoms with Crippen molar-refractivity contribution in [2.75, 3.05) is 13.6 Å². The molecule has 1 aromatic rings. The van der Waals surface area contributed by atoms with Gasteiger partial charge in [-0.2, -0.15) is 8.42 Å². The number of nitrogens with zero attached hydrogens (tertiary/aromatic N) is 3. The van der Waals surface area contributed by atoms with E-state index in [9.17, 15) is 13.2 Å². The molecule has 0 radical (unpaired) electrons. The number of rotatable bonds is 2. The standard InChI is InChI=1S/C22H29N3O3S/c1-15-6-8-16(9-7-15)18-10-19(24(5)29(27,28)23-18)20(26)25-14-22(4)12-17(25)11-21(2,3)13-22/h6-10,17H,11-14H2,1-5H3/t17-,22-/m0/s1. The van der Waals surface area contributed by atoms with Gasteiger partial charge < -0.3 is 4.90 Å². The van der Waals surface area contributed by atoms with Crippen molar-refractivity contribution in [3.8, 4) is 0 Å². The van der Waals surface area contributed by atoms with Crippen molar-refractivity contribution in [1.82, 2.24) is 9.21 Å². The minimum atomic E-state index is -3.95. The van der Waals surface area contributed by atoms with Gasteiger partial charge in [0.2, 0.25) is 0 Å². The molecule has 3 aliphatic rings. The minimum absolute atomic E-state index is 0.0859. The van der Waals surface area contributed by atoms with Crippen LogP contribution in [-0.2, 0) is 15.0 Å². The van der Waals surface area contributed by atoms with Crippen molar-refractivity contribution in [3.63, 3.8) is 0 Å². The van der Waals surface area contributed by atoms with E-state index in [-0.39, 0.29) is 28.5 Å². The predicted octanol–water partition coefficient (Wildman–Crippen LogP) is 3.29. The van der Waals surface area contributed by atoms with E-state index in [2.05, 4.69) is 25.2 Å². The normalized spacial score (nSPS) is 30.0. The number of likely N-dealkylation sites (N-methyl/N-ethyl adjacent to an activating group) is 1. The lowest BCUT2D eigenvalue weighted by atomic mass is 9.65. The summed E-state index contributed by atoms with van der Waals surface area (Å²) < 4.78 is 30.3. The quantitative estimate of drug-likeness (QED) is 0.744. The zero-order valence-corrected chi connectivity index (χ0v) is 18.6. The summed E-state index contributed by atoms with van der Waals surface area (Å²) in [6.07, 6.45) is 4.61. The highest BCUT2D eigenvalue weighted by Gasteiger charge is 2.52. The number of allylic oxidation sites excluding steroid dienone is 1. The Morgan fingerprint density at radius 1 is 1.14 bits per heavy atom. The fourth-order valence-corrected chi connectivity index (χ4v) is 6.37. The summed E-state index contributed by atoms with van der Waals surface area (Å²) >= 11 is 0. The summed E-state index contributed by atoms with van der Waals surface area (Å²) in [6.45, 7) is 9.38. The number of hydrogen-bond donors (Lipinski definition) is 0. The molecule has 0 unspecified atom stereocenters. The summed E-state index contributed by atoms with van der Waals surface area (Å²) in [5.41, 5.74) is 2.50. The molecule has 1 amide bonds. The van der Waals surface area contributed by atoms with Crippen LogP contribution >= 0.6 is 0 Å².